The van der Waals surface area contributed by atoms with Crippen LogP contribution in [0.3, 0.4) is 0 Å². The lowest BCUT2D eigenvalue weighted by Crippen LogP contribution is -2.20. The minimum absolute atomic E-state index is 0.0210. The highest BCUT2D eigenvalue weighted by atomic mass is 19.2. The van der Waals surface area contributed by atoms with E-state index in [1.54, 1.807) is 41.6 Å². The maximum Gasteiger partial charge on any atom is 0.201 e. The standard InChI is InChI=1S/C28H32F2N6O2/c1-16-20(24(34-35(16)6)26(37)28(2,3)4)9-10-38-25-21(7-8-22(29)23(25)30)18-11-17(12-31)27-33-14-19(13-32-5)36(27)15-18/h7-8,11,14-15,26,32,37H,9-10,13H2,1-6H3. The van der Waals surface area contributed by atoms with E-state index in [-0.39, 0.29) is 12.4 Å². The van der Waals surface area contributed by atoms with E-state index in [1.807, 2.05) is 27.7 Å². The summed E-state index contributed by atoms with van der Waals surface area (Å²) in [6.45, 7) is 8.18. The Morgan fingerprint density at radius 1 is 1.26 bits per heavy atom. The lowest BCUT2D eigenvalue weighted by atomic mass is 9.85. The third kappa shape index (κ3) is 4.99. The summed E-state index contributed by atoms with van der Waals surface area (Å²) in [5.74, 6) is -2.40. The number of ether oxygens (including phenoxy) is 1. The van der Waals surface area contributed by atoms with Gasteiger partial charge < -0.3 is 19.6 Å². The van der Waals surface area contributed by atoms with Gasteiger partial charge in [-0.15, -0.1) is 0 Å². The molecule has 38 heavy (non-hydrogen) atoms. The number of aliphatic hydroxyl groups excluding tert-OH is 1. The number of rotatable bonds is 8. The number of hydrogen-bond acceptors (Lipinski definition) is 6. The Bertz CT molecular complexity index is 1530. The van der Waals surface area contributed by atoms with Crippen LogP contribution in [-0.4, -0.2) is 37.9 Å². The van der Waals surface area contributed by atoms with Crippen molar-refractivity contribution in [3.8, 4) is 22.9 Å². The van der Waals surface area contributed by atoms with E-state index in [0.29, 0.717) is 41.0 Å². The van der Waals surface area contributed by atoms with Crippen LogP contribution in [0.2, 0.25) is 0 Å². The van der Waals surface area contributed by atoms with Gasteiger partial charge >= 0.3 is 0 Å². The van der Waals surface area contributed by atoms with Crippen LogP contribution in [0.5, 0.6) is 5.75 Å². The second-order valence-corrected chi connectivity index (χ2v) is 10.4. The minimum Gasteiger partial charge on any atom is -0.489 e. The molecular formula is C28H32F2N6O2. The van der Waals surface area contributed by atoms with Crippen LogP contribution in [0.25, 0.3) is 16.8 Å². The number of nitrogens with one attached hydrogen (secondary N) is 1. The van der Waals surface area contributed by atoms with Crippen molar-refractivity contribution in [3.63, 3.8) is 0 Å². The smallest absolute Gasteiger partial charge is 0.201 e. The van der Waals surface area contributed by atoms with Gasteiger partial charge in [-0.2, -0.15) is 14.8 Å². The summed E-state index contributed by atoms with van der Waals surface area (Å²) in [7, 11) is 3.59. The van der Waals surface area contributed by atoms with Crippen molar-refractivity contribution in [2.75, 3.05) is 13.7 Å². The zero-order valence-corrected chi connectivity index (χ0v) is 22.4. The molecule has 0 radical (unpaired) electrons. The lowest BCUT2D eigenvalue weighted by molar-refractivity contribution is 0.0575. The molecule has 0 saturated carbocycles. The molecule has 0 amide bonds. The normalized spacial score (nSPS) is 12.6. The first-order chi connectivity index (χ1) is 18.0. The molecule has 4 aromatic rings. The highest BCUT2D eigenvalue weighted by Gasteiger charge is 2.30. The minimum atomic E-state index is -1.11. The summed E-state index contributed by atoms with van der Waals surface area (Å²) >= 11 is 0. The van der Waals surface area contributed by atoms with Crippen LogP contribution < -0.4 is 10.1 Å². The number of aliphatic hydroxyl groups is 1. The van der Waals surface area contributed by atoms with Crippen molar-refractivity contribution >= 4 is 5.65 Å². The summed E-state index contributed by atoms with van der Waals surface area (Å²) in [5.41, 5.74) is 4.14. The average Bonchev–Trinajstić information content (AvgIpc) is 3.41. The quantitative estimate of drug-likeness (QED) is 0.351. The number of fused-ring (bicyclic) bond motifs is 1. The number of aromatic nitrogens is 4. The molecule has 3 aromatic heterocycles. The molecule has 8 nitrogen and oxygen atoms in total. The summed E-state index contributed by atoms with van der Waals surface area (Å²) in [5, 5.41) is 28.2. The SMILES string of the molecule is CNCc1cnc2c(C#N)cc(-c3ccc(F)c(F)c3OCCc3c(C(O)C(C)(C)C)nn(C)c3C)cn12. The van der Waals surface area contributed by atoms with Crippen LogP contribution >= 0.6 is 0 Å². The third-order valence-corrected chi connectivity index (χ3v) is 6.69. The van der Waals surface area contributed by atoms with Crippen LogP contribution in [0.1, 0.15) is 55.1 Å². The van der Waals surface area contributed by atoms with Crippen molar-refractivity contribution in [2.45, 2.75) is 46.8 Å². The van der Waals surface area contributed by atoms with Gasteiger partial charge in [0.2, 0.25) is 5.82 Å². The molecule has 0 fully saturated rings. The second kappa shape index (κ2) is 10.5. The molecule has 0 saturated heterocycles. The Labute approximate surface area is 220 Å². The molecule has 1 unspecified atom stereocenters. The topological polar surface area (TPSA) is 100 Å². The zero-order chi connectivity index (χ0) is 27.8. The fourth-order valence-corrected chi connectivity index (χ4v) is 4.45. The number of hydrogen-bond donors (Lipinski definition) is 2. The fraction of sp³-hybridized carbons (Fsp3) is 0.393. The Morgan fingerprint density at radius 3 is 2.66 bits per heavy atom. The monoisotopic (exact) mass is 522 g/mol. The average molecular weight is 523 g/mol. The molecule has 3 heterocycles. The molecule has 10 heteroatoms. The van der Waals surface area contributed by atoms with Crippen molar-refractivity contribution in [2.24, 2.45) is 12.5 Å². The molecule has 0 aliphatic rings. The molecule has 0 spiro atoms. The molecule has 0 aliphatic carbocycles. The first-order valence-electron chi connectivity index (χ1n) is 12.3. The first kappa shape index (κ1) is 27.2. The Kier molecular flexibility index (Phi) is 7.54. The maximum atomic E-state index is 15.1. The van der Waals surface area contributed by atoms with Gasteiger partial charge in [-0.1, -0.05) is 20.8 Å². The predicted molar refractivity (Wildman–Crippen MR) is 140 cm³/mol. The molecule has 0 bridgehead atoms. The highest BCUT2D eigenvalue weighted by Crippen LogP contribution is 2.37. The van der Waals surface area contributed by atoms with Gasteiger partial charge in [0, 0.05) is 48.6 Å². The van der Waals surface area contributed by atoms with E-state index >= 15 is 4.39 Å². The number of aryl methyl sites for hydroxylation is 1. The number of pyridine rings is 1. The molecule has 0 aliphatic heterocycles. The summed E-state index contributed by atoms with van der Waals surface area (Å²) in [6, 6.07) is 6.21. The number of nitrogens with zero attached hydrogens (tertiary/aromatic N) is 5. The molecule has 1 aromatic carbocycles. The van der Waals surface area contributed by atoms with E-state index < -0.39 is 23.2 Å². The zero-order valence-electron chi connectivity index (χ0n) is 22.4. The van der Waals surface area contributed by atoms with Gasteiger partial charge in [0.25, 0.3) is 0 Å². The second-order valence-electron chi connectivity index (χ2n) is 10.4. The van der Waals surface area contributed by atoms with Gasteiger partial charge in [0.1, 0.15) is 12.2 Å². The van der Waals surface area contributed by atoms with E-state index in [0.717, 1.165) is 23.0 Å². The summed E-state index contributed by atoms with van der Waals surface area (Å²) in [6.07, 6.45) is 2.92. The van der Waals surface area contributed by atoms with Crippen LogP contribution in [0.4, 0.5) is 8.78 Å². The van der Waals surface area contributed by atoms with E-state index in [9.17, 15) is 14.8 Å². The van der Waals surface area contributed by atoms with Gasteiger partial charge in [0.15, 0.2) is 17.2 Å². The van der Waals surface area contributed by atoms with Crippen molar-refractivity contribution < 1.29 is 18.6 Å². The number of imidazole rings is 1. The number of benzene rings is 1. The summed E-state index contributed by atoms with van der Waals surface area (Å²) in [4.78, 5) is 4.34. The number of nitriles is 1. The first-order valence-corrected chi connectivity index (χ1v) is 12.3. The molecule has 4 rings (SSSR count). The van der Waals surface area contributed by atoms with Crippen LogP contribution in [0.15, 0.2) is 30.6 Å². The Morgan fingerprint density at radius 2 is 2.00 bits per heavy atom. The molecule has 1 atom stereocenters. The fourth-order valence-electron chi connectivity index (χ4n) is 4.45. The highest BCUT2D eigenvalue weighted by molar-refractivity contribution is 5.74. The van der Waals surface area contributed by atoms with E-state index in [1.165, 1.54) is 6.07 Å². The third-order valence-electron chi connectivity index (χ3n) is 6.69. The molecule has 2 N–H and O–H groups in total. The van der Waals surface area contributed by atoms with Crippen LogP contribution in [-0.2, 0) is 20.0 Å². The summed E-state index contributed by atoms with van der Waals surface area (Å²) < 4.78 is 38.8. The van der Waals surface area contributed by atoms with Crippen molar-refractivity contribution in [1.29, 1.82) is 5.26 Å². The Hall–Kier alpha value is -3.81. The van der Waals surface area contributed by atoms with Gasteiger partial charge in [-0.3, -0.25) is 4.68 Å². The molecular weight excluding hydrogens is 490 g/mol. The van der Waals surface area contributed by atoms with Gasteiger partial charge in [-0.05, 0) is 37.6 Å². The van der Waals surface area contributed by atoms with E-state index in [2.05, 4.69) is 21.5 Å². The van der Waals surface area contributed by atoms with Crippen LogP contribution in [0, 0.1) is 35.3 Å². The maximum absolute atomic E-state index is 15.1. The van der Waals surface area contributed by atoms with Crippen molar-refractivity contribution in [3.05, 3.63) is 70.4 Å². The van der Waals surface area contributed by atoms with Gasteiger partial charge in [-0.25, -0.2) is 9.37 Å². The number of halogens is 2. The van der Waals surface area contributed by atoms with Crippen molar-refractivity contribution in [1.82, 2.24) is 24.5 Å². The Balaban J connectivity index is 1.71. The van der Waals surface area contributed by atoms with Gasteiger partial charge in [0.05, 0.1) is 29.8 Å². The predicted octanol–water partition coefficient (Wildman–Crippen LogP) is 4.61. The largest absolute Gasteiger partial charge is 0.489 e. The lowest BCUT2D eigenvalue weighted by Gasteiger charge is -2.25. The molecule has 200 valence electrons. The van der Waals surface area contributed by atoms with E-state index in [4.69, 9.17) is 4.74 Å².